The molecule has 0 saturated carbocycles. The summed E-state index contributed by atoms with van der Waals surface area (Å²) in [6.45, 7) is 6.48. The maximum Gasteiger partial charge on any atom is 0.263 e. The first-order valence-electron chi connectivity index (χ1n) is 9.70. The molecule has 0 aliphatic carbocycles. The molecule has 8 heteroatoms. The molecule has 0 spiro atoms. The molecule has 0 radical (unpaired) electrons. The van der Waals surface area contributed by atoms with Crippen LogP contribution in [0.3, 0.4) is 0 Å². The number of halogens is 1. The number of aromatic nitrogens is 2. The van der Waals surface area contributed by atoms with E-state index in [9.17, 15) is 9.59 Å². The highest BCUT2D eigenvalue weighted by Crippen LogP contribution is 2.27. The number of aryl methyl sites for hydroxylation is 2. The van der Waals surface area contributed by atoms with Crippen LogP contribution in [-0.2, 0) is 17.9 Å². The number of para-hydroxylation sites is 1. The number of rotatable bonds is 5. The molecular weight excluding hydrogens is 452 g/mol. The largest absolute Gasteiger partial charge is 0.324 e. The van der Waals surface area contributed by atoms with E-state index in [1.165, 1.54) is 0 Å². The van der Waals surface area contributed by atoms with Crippen LogP contribution >= 0.6 is 27.3 Å². The summed E-state index contributed by atoms with van der Waals surface area (Å²) in [6, 6.07) is 7.43. The van der Waals surface area contributed by atoms with Crippen LogP contribution in [0.4, 0.5) is 5.69 Å². The van der Waals surface area contributed by atoms with Crippen LogP contribution in [0.5, 0.6) is 0 Å². The fourth-order valence-electron chi connectivity index (χ4n) is 3.69. The average molecular weight is 475 g/mol. The van der Waals surface area contributed by atoms with E-state index in [-0.39, 0.29) is 18.0 Å². The van der Waals surface area contributed by atoms with E-state index < -0.39 is 0 Å². The van der Waals surface area contributed by atoms with E-state index in [1.807, 2.05) is 38.1 Å². The molecule has 3 heterocycles. The highest BCUT2D eigenvalue weighted by Gasteiger charge is 2.21. The predicted octanol–water partition coefficient (Wildman–Crippen LogP) is 4.07. The fourth-order valence-corrected chi connectivity index (χ4v) is 5.11. The molecule has 29 heavy (non-hydrogen) atoms. The van der Waals surface area contributed by atoms with Crippen molar-refractivity contribution in [1.82, 2.24) is 14.5 Å². The number of hydrogen-bond donors (Lipinski definition) is 1. The van der Waals surface area contributed by atoms with Crippen molar-refractivity contribution in [2.24, 2.45) is 0 Å². The normalized spacial score (nSPS) is 14.6. The lowest BCUT2D eigenvalue weighted by Gasteiger charge is -2.18. The van der Waals surface area contributed by atoms with Gasteiger partial charge in [-0.3, -0.25) is 19.1 Å². The summed E-state index contributed by atoms with van der Waals surface area (Å²) in [5.41, 5.74) is 1.51. The molecule has 1 aliphatic rings. The van der Waals surface area contributed by atoms with Crippen LogP contribution in [0, 0.1) is 13.8 Å². The third-order valence-electron chi connectivity index (χ3n) is 5.38. The maximum atomic E-state index is 13.3. The van der Waals surface area contributed by atoms with E-state index in [1.54, 1.807) is 15.9 Å². The van der Waals surface area contributed by atoms with Crippen molar-refractivity contribution in [3.05, 3.63) is 55.4 Å². The first-order valence-corrected chi connectivity index (χ1v) is 11.3. The second-order valence-electron chi connectivity index (χ2n) is 7.39. The van der Waals surface area contributed by atoms with Crippen molar-refractivity contribution in [2.45, 2.75) is 39.8 Å². The molecule has 1 aliphatic heterocycles. The molecule has 1 saturated heterocycles. The Hall–Kier alpha value is -2.03. The maximum absolute atomic E-state index is 13.3. The van der Waals surface area contributed by atoms with Gasteiger partial charge in [-0.1, -0.05) is 12.1 Å². The Morgan fingerprint density at radius 2 is 1.97 bits per heavy atom. The molecule has 1 N–H and O–H groups in total. The van der Waals surface area contributed by atoms with Gasteiger partial charge in [-0.15, -0.1) is 11.3 Å². The minimum Gasteiger partial charge on any atom is -0.324 e. The van der Waals surface area contributed by atoms with Gasteiger partial charge in [0.1, 0.15) is 17.2 Å². The van der Waals surface area contributed by atoms with E-state index in [4.69, 9.17) is 4.98 Å². The number of benzene rings is 1. The topological polar surface area (TPSA) is 67.2 Å². The molecule has 0 bridgehead atoms. The van der Waals surface area contributed by atoms with Crippen LogP contribution < -0.4 is 10.9 Å². The highest BCUT2D eigenvalue weighted by molar-refractivity contribution is 9.10. The molecule has 1 aromatic carbocycles. The second-order valence-corrected chi connectivity index (χ2v) is 9.45. The Morgan fingerprint density at radius 1 is 1.24 bits per heavy atom. The minimum atomic E-state index is -0.243. The lowest BCUT2D eigenvalue weighted by Crippen LogP contribution is -2.33. The third kappa shape index (κ3) is 4.15. The average Bonchev–Trinajstić information content (AvgIpc) is 3.29. The van der Waals surface area contributed by atoms with Crippen molar-refractivity contribution < 1.29 is 4.79 Å². The quantitative estimate of drug-likeness (QED) is 0.604. The van der Waals surface area contributed by atoms with Crippen molar-refractivity contribution in [2.75, 3.05) is 18.4 Å². The number of likely N-dealkylation sites (tertiary alicyclic amines) is 1. The van der Waals surface area contributed by atoms with Crippen LogP contribution in [0.1, 0.15) is 29.1 Å². The Kier molecular flexibility index (Phi) is 5.85. The van der Waals surface area contributed by atoms with Gasteiger partial charge in [0.15, 0.2) is 0 Å². The summed E-state index contributed by atoms with van der Waals surface area (Å²) in [5, 5.41) is 3.52. The zero-order valence-corrected chi connectivity index (χ0v) is 18.9. The monoisotopic (exact) mass is 474 g/mol. The van der Waals surface area contributed by atoms with E-state index in [0.717, 1.165) is 45.7 Å². The van der Waals surface area contributed by atoms with Gasteiger partial charge >= 0.3 is 0 Å². The molecular formula is C21H23BrN4O2S. The smallest absolute Gasteiger partial charge is 0.263 e. The van der Waals surface area contributed by atoms with Crippen molar-refractivity contribution >= 4 is 49.1 Å². The van der Waals surface area contributed by atoms with Gasteiger partial charge in [-0.2, -0.15) is 0 Å². The lowest BCUT2D eigenvalue weighted by atomic mass is 10.2. The van der Waals surface area contributed by atoms with Gasteiger partial charge in [-0.05, 0) is 73.4 Å². The first-order chi connectivity index (χ1) is 13.9. The van der Waals surface area contributed by atoms with Gasteiger partial charge in [0.25, 0.3) is 5.56 Å². The lowest BCUT2D eigenvalue weighted by molar-refractivity contribution is -0.116. The van der Waals surface area contributed by atoms with Crippen LogP contribution in [0.15, 0.2) is 33.5 Å². The van der Waals surface area contributed by atoms with E-state index in [0.29, 0.717) is 23.4 Å². The number of nitrogens with one attached hydrogen (secondary N) is 1. The summed E-state index contributed by atoms with van der Waals surface area (Å²) in [4.78, 5) is 35.1. The molecule has 6 nitrogen and oxygen atoms in total. The van der Waals surface area contributed by atoms with E-state index in [2.05, 4.69) is 26.1 Å². The zero-order chi connectivity index (χ0) is 20.5. The molecule has 4 rings (SSSR count). The van der Waals surface area contributed by atoms with Gasteiger partial charge in [0.05, 0.1) is 17.6 Å². The molecule has 152 valence electrons. The predicted molar refractivity (Wildman–Crippen MR) is 121 cm³/mol. The van der Waals surface area contributed by atoms with Crippen molar-refractivity contribution in [3.8, 4) is 0 Å². The molecule has 3 aromatic rings. The zero-order valence-electron chi connectivity index (χ0n) is 16.5. The number of fused-ring (bicyclic) bond motifs is 1. The van der Waals surface area contributed by atoms with Gasteiger partial charge in [-0.25, -0.2) is 4.98 Å². The number of hydrogen-bond acceptors (Lipinski definition) is 5. The van der Waals surface area contributed by atoms with Gasteiger partial charge < -0.3 is 5.32 Å². The molecule has 0 unspecified atom stereocenters. The molecule has 2 aromatic heterocycles. The summed E-state index contributed by atoms with van der Waals surface area (Å²) >= 11 is 4.99. The number of amides is 1. The minimum absolute atomic E-state index is 0.0549. The van der Waals surface area contributed by atoms with Crippen LogP contribution in [-0.4, -0.2) is 33.4 Å². The molecule has 0 atom stereocenters. The Labute approximate surface area is 181 Å². The van der Waals surface area contributed by atoms with Crippen LogP contribution in [0.25, 0.3) is 10.2 Å². The van der Waals surface area contributed by atoms with Gasteiger partial charge in [0, 0.05) is 9.35 Å². The highest BCUT2D eigenvalue weighted by atomic mass is 79.9. The van der Waals surface area contributed by atoms with Crippen LogP contribution in [0.2, 0.25) is 0 Å². The summed E-state index contributed by atoms with van der Waals surface area (Å²) in [6.07, 6.45) is 2.32. The first kappa shape index (κ1) is 20.3. The summed E-state index contributed by atoms with van der Waals surface area (Å²) < 4.78 is 2.35. The number of thiophene rings is 1. The number of anilines is 1. The Morgan fingerprint density at radius 3 is 2.69 bits per heavy atom. The van der Waals surface area contributed by atoms with Crippen molar-refractivity contribution in [3.63, 3.8) is 0 Å². The number of carbonyl (C=O) groups is 1. The third-order valence-corrected chi connectivity index (χ3v) is 7.17. The van der Waals surface area contributed by atoms with Gasteiger partial charge in [0.2, 0.25) is 5.91 Å². The SMILES string of the molecule is Cc1sc2nc(CN3CCCC3)n(CC(=O)Nc3ccccc3Br)c(=O)c2c1C. The van der Waals surface area contributed by atoms with Crippen molar-refractivity contribution in [1.29, 1.82) is 0 Å². The summed E-state index contributed by atoms with van der Waals surface area (Å²) in [5.74, 6) is 0.417. The Balaban J connectivity index is 1.71. The molecule has 1 fully saturated rings. The Bertz CT molecular complexity index is 1130. The van der Waals surface area contributed by atoms with E-state index >= 15 is 0 Å². The standard InChI is InChI=1S/C21H23BrN4O2S/c1-13-14(2)29-20-19(13)21(28)26(17(24-20)11-25-9-5-6-10-25)12-18(27)23-16-8-4-3-7-15(16)22/h3-4,7-8H,5-6,9-12H2,1-2H3,(H,23,27). The summed E-state index contributed by atoms with van der Waals surface area (Å²) in [7, 11) is 0. The number of nitrogens with zero attached hydrogens (tertiary/aromatic N) is 3. The number of carbonyl (C=O) groups excluding carboxylic acids is 1. The second kappa shape index (κ2) is 8.38. The fraction of sp³-hybridized carbons (Fsp3) is 0.381. The molecule has 1 amide bonds.